The van der Waals surface area contributed by atoms with Crippen molar-refractivity contribution in [1.29, 1.82) is 0 Å². The van der Waals surface area contributed by atoms with Crippen LogP contribution in [0.1, 0.15) is 94.2 Å². The van der Waals surface area contributed by atoms with Crippen LogP contribution in [0.15, 0.2) is 120 Å². The van der Waals surface area contributed by atoms with Crippen molar-refractivity contribution < 1.29 is 41.7 Å². The lowest BCUT2D eigenvalue weighted by molar-refractivity contribution is -0.124. The number of carbonyl (C=O) groups excluding carboxylic acids is 3. The summed E-state index contributed by atoms with van der Waals surface area (Å²) < 4.78 is 46.6. The van der Waals surface area contributed by atoms with E-state index < -0.39 is 33.4 Å². The second kappa shape index (κ2) is 23.9. The number of nitrogens with one attached hydrogen (secondary N) is 3. The molecule has 0 aliphatic rings. The zero-order valence-corrected chi connectivity index (χ0v) is 37.8. The zero-order chi connectivity index (χ0) is 44.9. The van der Waals surface area contributed by atoms with E-state index in [1.807, 2.05) is 148 Å². The quantitative estimate of drug-likeness (QED) is 0.147. The van der Waals surface area contributed by atoms with Gasteiger partial charge in [0, 0.05) is 16.6 Å². The number of sulfonamides is 1. The van der Waals surface area contributed by atoms with Gasteiger partial charge >= 0.3 is 12.2 Å². The van der Waals surface area contributed by atoms with Gasteiger partial charge in [-0.3, -0.25) is 4.79 Å². The number of hydrogen-bond donors (Lipinski definition) is 3. The fourth-order valence-corrected chi connectivity index (χ4v) is 5.64. The van der Waals surface area contributed by atoms with E-state index in [-0.39, 0.29) is 30.2 Å². The van der Waals surface area contributed by atoms with E-state index in [1.54, 1.807) is 57.2 Å². The molecule has 0 radical (unpaired) electrons. The molecule has 12 nitrogen and oxygen atoms in total. The Labute approximate surface area is 352 Å². The predicted octanol–water partition coefficient (Wildman–Crippen LogP) is 9.76. The molecule has 0 aliphatic carbocycles. The lowest BCUT2D eigenvalue weighted by atomic mass is 10.1. The lowest BCUT2D eigenvalue weighted by Gasteiger charge is -2.20. The smallest absolute Gasteiger partial charge is 0.484 e. The molecule has 0 heterocycles. The molecule has 324 valence electrons. The maximum absolute atomic E-state index is 11.8. The molecule has 13 heteroatoms. The average Bonchev–Trinajstić information content (AvgIpc) is 3.09. The molecular weight excluding hydrogens is 771 g/mol. The monoisotopic (exact) mass is 835 g/mol. The first-order chi connectivity index (χ1) is 27.1. The van der Waals surface area contributed by atoms with Crippen molar-refractivity contribution in [3.8, 4) is 11.5 Å². The number of carbonyl (C=O) groups is 3. The van der Waals surface area contributed by atoms with E-state index in [2.05, 4.69) is 15.4 Å². The van der Waals surface area contributed by atoms with Gasteiger partial charge in [-0.1, -0.05) is 84.4 Å². The van der Waals surface area contributed by atoms with Crippen LogP contribution in [-0.2, 0) is 30.9 Å². The molecule has 0 spiro atoms. The number of hydrogen-bond acceptors (Lipinski definition) is 9. The predicted molar refractivity (Wildman–Crippen MR) is 234 cm³/mol. The molecule has 0 saturated carbocycles. The first kappa shape index (κ1) is 51.6. The van der Waals surface area contributed by atoms with Crippen LogP contribution in [0.3, 0.4) is 0 Å². The molecule has 4 aromatic carbocycles. The van der Waals surface area contributed by atoms with Crippen LogP contribution in [-0.4, -0.2) is 55.4 Å². The maximum Gasteiger partial charge on any atom is 0.509 e. The fraction of sp³-hybridized carbons (Fsp3) is 0.413. The molecule has 0 saturated heterocycles. The summed E-state index contributed by atoms with van der Waals surface area (Å²) in [6.45, 7) is 24.6. The van der Waals surface area contributed by atoms with E-state index in [4.69, 9.17) is 18.9 Å². The van der Waals surface area contributed by atoms with Crippen LogP contribution < -0.4 is 24.8 Å². The highest BCUT2D eigenvalue weighted by atomic mass is 32.2. The van der Waals surface area contributed by atoms with Gasteiger partial charge in [0.05, 0.1) is 4.90 Å². The molecule has 59 heavy (non-hydrogen) atoms. The van der Waals surface area contributed by atoms with Gasteiger partial charge in [0.15, 0.2) is 6.61 Å². The van der Waals surface area contributed by atoms with Crippen molar-refractivity contribution in [3.63, 3.8) is 0 Å². The summed E-state index contributed by atoms with van der Waals surface area (Å²) in [4.78, 5) is 34.2. The van der Waals surface area contributed by atoms with Gasteiger partial charge in [0.1, 0.15) is 23.7 Å². The van der Waals surface area contributed by atoms with Gasteiger partial charge in [0.25, 0.3) is 5.91 Å². The molecule has 3 N–H and O–H groups in total. The number of para-hydroxylation sites is 2. The van der Waals surface area contributed by atoms with E-state index in [0.29, 0.717) is 16.4 Å². The molecule has 0 unspecified atom stereocenters. The normalized spacial score (nSPS) is 11.3. The topological polar surface area (TPSA) is 158 Å². The van der Waals surface area contributed by atoms with Crippen LogP contribution in [0.2, 0.25) is 0 Å². The Kier molecular flexibility index (Phi) is 20.9. The molecule has 0 aromatic heterocycles. The standard InChI is InChI=1S/C12H17NO2.C12H16O3.C11H17NO2S.C11H15NO2/c1-12(2,3)13-11(14)9-15-10-7-5-4-6-8-10;1-12(2,3)15-11(13)14-9-10-7-5-4-6-8-10;1-9-5-7-10(8-6-9)15(13,14)12-11(2,3)4;1-11(2,3)12-10(13)14-9-7-5-4-6-8-9/h4-8H,9H2,1-3H3,(H,13,14);4-8H,9H2,1-3H3;5-8,12H,1-4H3;4-8H,1-3H3,(H,12,13). The minimum atomic E-state index is -3.38. The third-order valence-corrected chi connectivity index (χ3v) is 8.19. The van der Waals surface area contributed by atoms with Crippen LogP contribution >= 0.6 is 0 Å². The Morgan fingerprint density at radius 2 is 1.03 bits per heavy atom. The van der Waals surface area contributed by atoms with Gasteiger partial charge in [-0.15, -0.1) is 0 Å². The highest BCUT2D eigenvalue weighted by molar-refractivity contribution is 7.89. The van der Waals surface area contributed by atoms with E-state index in [0.717, 1.165) is 11.1 Å². The summed E-state index contributed by atoms with van der Waals surface area (Å²) in [5.41, 5.74) is 0.550. The number of rotatable bonds is 8. The minimum Gasteiger partial charge on any atom is -0.484 e. The highest BCUT2D eigenvalue weighted by Gasteiger charge is 2.22. The molecule has 0 atom stereocenters. The van der Waals surface area contributed by atoms with Gasteiger partial charge in [-0.25, -0.2) is 22.7 Å². The summed E-state index contributed by atoms with van der Waals surface area (Å²) in [6.07, 6.45) is -1.06. The van der Waals surface area contributed by atoms with Crippen LogP contribution in [0.4, 0.5) is 9.59 Å². The third-order valence-electron chi connectivity index (χ3n) is 6.42. The molecule has 0 fully saturated rings. The number of aryl methyl sites for hydroxylation is 1. The minimum absolute atomic E-state index is 0.0568. The Balaban J connectivity index is 0.000000393. The molecule has 0 aliphatic heterocycles. The van der Waals surface area contributed by atoms with E-state index in [1.165, 1.54) is 0 Å². The third kappa shape index (κ3) is 27.8. The first-order valence-corrected chi connectivity index (χ1v) is 20.6. The Bertz CT molecular complexity index is 1860. The highest BCUT2D eigenvalue weighted by Crippen LogP contribution is 2.14. The van der Waals surface area contributed by atoms with E-state index in [9.17, 15) is 22.8 Å². The molecule has 4 aromatic rings. The van der Waals surface area contributed by atoms with E-state index >= 15 is 0 Å². The van der Waals surface area contributed by atoms with Crippen molar-refractivity contribution in [2.24, 2.45) is 0 Å². The van der Waals surface area contributed by atoms with Crippen molar-refractivity contribution in [2.75, 3.05) is 6.61 Å². The summed E-state index contributed by atoms with van der Waals surface area (Å²) in [6, 6.07) is 34.6. The molecule has 4 rings (SSSR count). The van der Waals surface area contributed by atoms with Crippen molar-refractivity contribution >= 4 is 28.2 Å². The average molecular weight is 836 g/mol. The number of benzene rings is 4. The van der Waals surface area contributed by atoms with Crippen molar-refractivity contribution in [3.05, 3.63) is 126 Å². The Morgan fingerprint density at radius 1 is 0.576 bits per heavy atom. The number of amides is 2. The van der Waals surface area contributed by atoms with Gasteiger partial charge in [-0.2, -0.15) is 0 Å². The maximum atomic E-state index is 11.8. The molecule has 0 bridgehead atoms. The van der Waals surface area contributed by atoms with Crippen LogP contribution in [0, 0.1) is 6.92 Å². The largest absolute Gasteiger partial charge is 0.509 e. The summed E-state index contributed by atoms with van der Waals surface area (Å²) in [5.74, 6) is 1.15. The van der Waals surface area contributed by atoms with Crippen LogP contribution in [0.25, 0.3) is 0 Å². The fourth-order valence-electron chi connectivity index (χ4n) is 4.22. The first-order valence-electron chi connectivity index (χ1n) is 19.2. The summed E-state index contributed by atoms with van der Waals surface area (Å²) in [7, 11) is -3.38. The second-order valence-electron chi connectivity index (χ2n) is 17.4. The second-order valence-corrected chi connectivity index (χ2v) is 19.1. The lowest BCUT2D eigenvalue weighted by Crippen LogP contribution is -2.43. The molecular formula is C46H65N3O9S. The number of ether oxygens (including phenoxy) is 4. The van der Waals surface area contributed by atoms with Crippen LogP contribution in [0.5, 0.6) is 11.5 Å². The molecule has 2 amide bonds. The Morgan fingerprint density at radius 3 is 1.47 bits per heavy atom. The zero-order valence-electron chi connectivity index (χ0n) is 37.0. The van der Waals surface area contributed by atoms with Gasteiger partial charge < -0.3 is 29.6 Å². The SMILES string of the molecule is CC(C)(C)NC(=O)COc1ccccc1.CC(C)(C)NC(=O)Oc1ccccc1.CC(C)(C)OC(=O)OCc1ccccc1.Cc1ccc(S(=O)(=O)NC(C)(C)C)cc1. The van der Waals surface area contributed by atoms with Gasteiger partial charge in [0.2, 0.25) is 10.0 Å². The van der Waals surface area contributed by atoms with Gasteiger partial charge in [-0.05, 0) is 132 Å². The van der Waals surface area contributed by atoms with Crippen molar-refractivity contribution in [1.82, 2.24) is 15.4 Å². The summed E-state index contributed by atoms with van der Waals surface area (Å²) in [5, 5.41) is 5.53. The summed E-state index contributed by atoms with van der Waals surface area (Å²) >= 11 is 0. The Hall–Kier alpha value is -5.40. The van der Waals surface area contributed by atoms with Crippen molar-refractivity contribution in [2.45, 2.75) is 124 Å².